The van der Waals surface area contributed by atoms with E-state index in [1.54, 1.807) is 14.2 Å². The Kier molecular flexibility index (Phi) is 5.25. The molecule has 0 spiro atoms. The van der Waals surface area contributed by atoms with E-state index >= 15 is 0 Å². The Morgan fingerprint density at radius 1 is 1.29 bits per heavy atom. The minimum atomic E-state index is 0.577. The molecule has 0 radical (unpaired) electrons. The van der Waals surface area contributed by atoms with Crippen LogP contribution in [0, 0.1) is 13.8 Å². The van der Waals surface area contributed by atoms with Gasteiger partial charge in [-0.15, -0.1) is 0 Å². The summed E-state index contributed by atoms with van der Waals surface area (Å²) < 4.78 is 10.5. The zero-order valence-electron chi connectivity index (χ0n) is 11.1. The minimum absolute atomic E-state index is 0.577. The molecule has 17 heavy (non-hydrogen) atoms. The van der Waals surface area contributed by atoms with Gasteiger partial charge in [-0.3, -0.25) is 4.90 Å². The maximum absolute atomic E-state index is 6.27. The van der Waals surface area contributed by atoms with Crippen molar-refractivity contribution in [1.82, 2.24) is 4.90 Å². The number of benzene rings is 1. The molecule has 0 aromatic heterocycles. The molecule has 0 N–H and O–H groups in total. The molecule has 0 aliphatic carbocycles. The van der Waals surface area contributed by atoms with Crippen LogP contribution in [0.5, 0.6) is 5.75 Å². The number of ether oxygens (including phenoxy) is 2. The van der Waals surface area contributed by atoms with Crippen LogP contribution >= 0.6 is 11.6 Å². The standard InChI is InChI=1S/C13H20ClNO2/c1-9-6-12(17-5)11(10(2)13(9)14)7-15(3)8-16-4/h6H,7-8H2,1-5H3. The average Bonchev–Trinajstić information content (AvgIpc) is 2.30. The van der Waals surface area contributed by atoms with Gasteiger partial charge in [-0.05, 0) is 38.1 Å². The number of rotatable bonds is 5. The predicted octanol–water partition coefficient (Wildman–Crippen LogP) is 3.00. The molecule has 1 aromatic rings. The molecular formula is C13H20ClNO2. The third kappa shape index (κ3) is 3.35. The summed E-state index contributed by atoms with van der Waals surface area (Å²) in [4.78, 5) is 2.07. The van der Waals surface area contributed by atoms with Crippen molar-refractivity contribution in [2.45, 2.75) is 20.4 Å². The van der Waals surface area contributed by atoms with E-state index in [4.69, 9.17) is 21.1 Å². The van der Waals surface area contributed by atoms with Crippen molar-refractivity contribution in [2.24, 2.45) is 0 Å². The summed E-state index contributed by atoms with van der Waals surface area (Å²) in [6, 6.07) is 1.98. The Morgan fingerprint density at radius 2 is 1.94 bits per heavy atom. The van der Waals surface area contributed by atoms with Crippen molar-refractivity contribution in [2.75, 3.05) is 28.0 Å². The second-order valence-electron chi connectivity index (χ2n) is 4.25. The molecular weight excluding hydrogens is 238 g/mol. The van der Waals surface area contributed by atoms with Gasteiger partial charge >= 0.3 is 0 Å². The van der Waals surface area contributed by atoms with Gasteiger partial charge in [0.2, 0.25) is 0 Å². The van der Waals surface area contributed by atoms with E-state index in [1.165, 1.54) is 0 Å². The predicted molar refractivity (Wildman–Crippen MR) is 70.8 cm³/mol. The lowest BCUT2D eigenvalue weighted by atomic mass is 10.0. The summed E-state index contributed by atoms with van der Waals surface area (Å²) in [7, 11) is 5.36. The summed E-state index contributed by atoms with van der Waals surface area (Å²) >= 11 is 6.27. The summed E-state index contributed by atoms with van der Waals surface area (Å²) in [5, 5.41) is 0.812. The van der Waals surface area contributed by atoms with Gasteiger partial charge in [-0.1, -0.05) is 11.6 Å². The maximum atomic E-state index is 6.27. The van der Waals surface area contributed by atoms with Gasteiger partial charge in [0, 0.05) is 24.2 Å². The maximum Gasteiger partial charge on any atom is 0.123 e. The smallest absolute Gasteiger partial charge is 0.123 e. The molecule has 0 fully saturated rings. The van der Waals surface area contributed by atoms with Crippen molar-refractivity contribution in [3.05, 3.63) is 27.8 Å². The first kappa shape index (κ1) is 14.3. The molecule has 0 aliphatic heterocycles. The average molecular weight is 258 g/mol. The fourth-order valence-electron chi connectivity index (χ4n) is 1.87. The normalized spacial score (nSPS) is 11.0. The Balaban J connectivity index is 3.08. The first-order valence-electron chi connectivity index (χ1n) is 5.51. The lowest BCUT2D eigenvalue weighted by Crippen LogP contribution is -2.21. The van der Waals surface area contributed by atoms with Crippen molar-refractivity contribution >= 4 is 11.6 Å². The summed E-state index contributed by atoms with van der Waals surface area (Å²) in [6.45, 7) is 5.34. The Morgan fingerprint density at radius 3 is 2.47 bits per heavy atom. The van der Waals surface area contributed by atoms with E-state index in [1.807, 2.05) is 27.0 Å². The molecule has 0 aliphatic rings. The molecule has 96 valence electrons. The monoisotopic (exact) mass is 257 g/mol. The number of halogens is 1. The van der Waals surface area contributed by atoms with E-state index in [9.17, 15) is 0 Å². The first-order chi connectivity index (χ1) is 8.01. The van der Waals surface area contributed by atoms with Crippen LogP contribution in [0.2, 0.25) is 5.02 Å². The van der Waals surface area contributed by atoms with Crippen LogP contribution in [0.15, 0.2) is 6.07 Å². The molecule has 3 nitrogen and oxygen atoms in total. The van der Waals surface area contributed by atoms with Crippen LogP contribution in [0.1, 0.15) is 16.7 Å². The lowest BCUT2D eigenvalue weighted by molar-refractivity contribution is 0.0765. The number of hydrogen-bond acceptors (Lipinski definition) is 3. The van der Waals surface area contributed by atoms with E-state index in [0.29, 0.717) is 6.73 Å². The molecule has 0 unspecified atom stereocenters. The van der Waals surface area contributed by atoms with E-state index < -0.39 is 0 Å². The molecule has 1 aromatic carbocycles. The van der Waals surface area contributed by atoms with Crippen molar-refractivity contribution in [3.63, 3.8) is 0 Å². The number of aryl methyl sites for hydroxylation is 1. The molecule has 4 heteroatoms. The summed E-state index contributed by atoms with van der Waals surface area (Å²) in [6.07, 6.45) is 0. The Labute approximate surface area is 108 Å². The van der Waals surface area contributed by atoms with Crippen LogP contribution in [-0.2, 0) is 11.3 Å². The molecule has 0 atom stereocenters. The highest BCUT2D eigenvalue weighted by molar-refractivity contribution is 6.32. The van der Waals surface area contributed by atoms with Gasteiger partial charge in [-0.2, -0.15) is 0 Å². The molecule has 0 saturated carbocycles. The zero-order valence-corrected chi connectivity index (χ0v) is 11.9. The second kappa shape index (κ2) is 6.24. The SMILES string of the molecule is COCN(C)Cc1c(OC)cc(C)c(Cl)c1C. The van der Waals surface area contributed by atoms with Crippen LogP contribution in [0.4, 0.5) is 0 Å². The van der Waals surface area contributed by atoms with Crippen LogP contribution in [-0.4, -0.2) is 32.9 Å². The topological polar surface area (TPSA) is 21.7 Å². The first-order valence-corrected chi connectivity index (χ1v) is 5.89. The molecule has 0 heterocycles. The lowest BCUT2D eigenvalue weighted by Gasteiger charge is -2.20. The third-order valence-electron chi connectivity index (χ3n) is 2.77. The zero-order chi connectivity index (χ0) is 13.0. The van der Waals surface area contributed by atoms with Crippen LogP contribution < -0.4 is 4.74 Å². The quantitative estimate of drug-likeness (QED) is 0.757. The van der Waals surface area contributed by atoms with Gasteiger partial charge in [-0.25, -0.2) is 0 Å². The van der Waals surface area contributed by atoms with E-state index in [0.717, 1.165) is 34.0 Å². The minimum Gasteiger partial charge on any atom is -0.496 e. The van der Waals surface area contributed by atoms with E-state index in [2.05, 4.69) is 4.90 Å². The Bertz CT molecular complexity index is 393. The van der Waals surface area contributed by atoms with Gasteiger partial charge in [0.15, 0.2) is 0 Å². The molecule has 0 saturated heterocycles. The molecule has 1 rings (SSSR count). The Hall–Kier alpha value is -0.770. The second-order valence-corrected chi connectivity index (χ2v) is 4.62. The fourth-order valence-corrected chi connectivity index (χ4v) is 2.04. The number of methoxy groups -OCH3 is 2. The van der Waals surface area contributed by atoms with E-state index in [-0.39, 0.29) is 0 Å². The van der Waals surface area contributed by atoms with Crippen LogP contribution in [0.3, 0.4) is 0 Å². The third-order valence-corrected chi connectivity index (χ3v) is 3.35. The summed E-state index contributed by atoms with van der Waals surface area (Å²) in [5.41, 5.74) is 3.23. The van der Waals surface area contributed by atoms with Gasteiger partial charge < -0.3 is 9.47 Å². The largest absolute Gasteiger partial charge is 0.496 e. The van der Waals surface area contributed by atoms with Crippen molar-refractivity contribution in [3.8, 4) is 5.75 Å². The van der Waals surface area contributed by atoms with Crippen molar-refractivity contribution < 1.29 is 9.47 Å². The van der Waals surface area contributed by atoms with Gasteiger partial charge in [0.1, 0.15) is 5.75 Å². The highest BCUT2D eigenvalue weighted by Gasteiger charge is 2.14. The highest BCUT2D eigenvalue weighted by atomic mass is 35.5. The van der Waals surface area contributed by atoms with Gasteiger partial charge in [0.05, 0.1) is 13.8 Å². The van der Waals surface area contributed by atoms with Crippen molar-refractivity contribution in [1.29, 1.82) is 0 Å². The summed E-state index contributed by atoms with van der Waals surface area (Å²) in [5.74, 6) is 0.882. The van der Waals surface area contributed by atoms with Gasteiger partial charge in [0.25, 0.3) is 0 Å². The molecule has 0 bridgehead atoms. The number of hydrogen-bond donors (Lipinski definition) is 0. The highest BCUT2D eigenvalue weighted by Crippen LogP contribution is 2.32. The van der Waals surface area contributed by atoms with Crippen LogP contribution in [0.25, 0.3) is 0 Å². The number of nitrogens with zero attached hydrogens (tertiary/aromatic N) is 1. The molecule has 0 amide bonds. The fraction of sp³-hybridized carbons (Fsp3) is 0.538.